The van der Waals surface area contributed by atoms with Gasteiger partial charge in [0.25, 0.3) is 5.69 Å². The fourth-order valence-corrected chi connectivity index (χ4v) is 5.09. The molecule has 0 bridgehead atoms. The average molecular weight is 541 g/mol. The molecule has 2 aromatic rings. The van der Waals surface area contributed by atoms with Crippen LogP contribution in [-0.2, 0) is 25.5 Å². The summed E-state index contributed by atoms with van der Waals surface area (Å²) >= 11 is 1.52. The summed E-state index contributed by atoms with van der Waals surface area (Å²) in [7, 11) is 0. The maximum Gasteiger partial charge on any atom is 0.336 e. The number of non-ortho nitro benzene ring substituents is 1. The molecule has 1 heterocycles. The highest BCUT2D eigenvalue weighted by atomic mass is 32.2. The van der Waals surface area contributed by atoms with Crippen molar-refractivity contribution < 1.29 is 29.1 Å². The molecule has 0 fully saturated rings. The van der Waals surface area contributed by atoms with Crippen molar-refractivity contribution in [2.45, 2.75) is 51.0 Å². The molecule has 2 unspecified atom stereocenters. The van der Waals surface area contributed by atoms with Gasteiger partial charge in [-0.15, -0.1) is 11.8 Å². The van der Waals surface area contributed by atoms with Gasteiger partial charge >= 0.3 is 11.9 Å². The van der Waals surface area contributed by atoms with Crippen LogP contribution in [0.15, 0.2) is 69.7 Å². The van der Waals surface area contributed by atoms with Crippen LogP contribution in [0.25, 0.3) is 0 Å². The maximum atomic E-state index is 13.4. The van der Waals surface area contributed by atoms with Crippen LogP contribution in [0.4, 0.5) is 5.69 Å². The van der Waals surface area contributed by atoms with Gasteiger partial charge in [-0.25, -0.2) is 4.79 Å². The smallest absolute Gasteiger partial charge is 0.336 e. The Hall–Kier alpha value is -3.50. The minimum absolute atomic E-state index is 0.0919. The minimum Gasteiger partial charge on any atom is -0.462 e. The first kappa shape index (κ1) is 29.1. The van der Waals surface area contributed by atoms with Crippen LogP contribution in [0, 0.1) is 16.0 Å². The Morgan fingerprint density at radius 1 is 1.16 bits per heavy atom. The Labute approximate surface area is 226 Å². The number of nitro benzene ring substituents is 1. The minimum atomic E-state index is -0.933. The molecule has 0 saturated carbocycles. The second kappa shape index (κ2) is 13.3. The fraction of sp³-hybridized carbons (Fsp3) is 0.393. The van der Waals surface area contributed by atoms with Crippen LogP contribution in [0.1, 0.15) is 44.7 Å². The van der Waals surface area contributed by atoms with E-state index in [1.165, 1.54) is 30.0 Å². The second-order valence-electron chi connectivity index (χ2n) is 9.15. The van der Waals surface area contributed by atoms with Crippen LogP contribution in [0.5, 0.6) is 0 Å². The third-order valence-corrected chi connectivity index (χ3v) is 6.98. The third-order valence-electron chi connectivity index (χ3n) is 6.00. The lowest BCUT2D eigenvalue weighted by Crippen LogP contribution is -2.37. The zero-order valence-corrected chi connectivity index (χ0v) is 22.7. The lowest BCUT2D eigenvalue weighted by atomic mass is 9.75. The molecule has 0 spiro atoms. The molecule has 38 heavy (non-hydrogen) atoms. The van der Waals surface area contributed by atoms with Crippen molar-refractivity contribution >= 4 is 35.1 Å². The largest absolute Gasteiger partial charge is 0.462 e. The number of carbonyl (C=O) groups excluding carboxylic acids is 2. The Balaban J connectivity index is 1.83. The molecular weight excluding hydrogens is 508 g/mol. The molecule has 1 aliphatic rings. The van der Waals surface area contributed by atoms with E-state index in [-0.39, 0.29) is 24.5 Å². The molecule has 0 amide bonds. The summed E-state index contributed by atoms with van der Waals surface area (Å²) in [6.45, 7) is 7.01. The Morgan fingerprint density at radius 3 is 2.50 bits per heavy atom. The monoisotopic (exact) mass is 540 g/mol. The summed E-state index contributed by atoms with van der Waals surface area (Å²) in [5.41, 5.74) is 2.36. The molecule has 2 atom stereocenters. The number of carbonyl (C=O) groups is 2. The van der Waals surface area contributed by atoms with Crippen molar-refractivity contribution in [3.8, 4) is 0 Å². The molecule has 0 radical (unpaired) electrons. The van der Waals surface area contributed by atoms with E-state index in [4.69, 9.17) is 14.6 Å². The van der Waals surface area contributed by atoms with E-state index in [0.717, 1.165) is 10.5 Å². The van der Waals surface area contributed by atoms with Gasteiger partial charge in [0.05, 0.1) is 16.6 Å². The van der Waals surface area contributed by atoms with E-state index < -0.39 is 34.8 Å². The van der Waals surface area contributed by atoms with Crippen LogP contribution < -0.4 is 0 Å². The van der Waals surface area contributed by atoms with Gasteiger partial charge in [-0.2, -0.15) is 0 Å². The van der Waals surface area contributed by atoms with Crippen molar-refractivity contribution in [1.82, 2.24) is 0 Å². The topological polar surface area (TPSA) is 128 Å². The Bertz CT molecular complexity index is 1240. The number of hydrogen-bond donors (Lipinski definition) is 1. The van der Waals surface area contributed by atoms with Gasteiger partial charge in [0.2, 0.25) is 0 Å². The number of hydrogen-bond acceptors (Lipinski definition) is 9. The lowest BCUT2D eigenvalue weighted by Gasteiger charge is -2.32. The SMILES string of the molecule is CC1=NC(C)=C(C(=O)OCCSc2ccc(CCO)cc2)C(c2cccc([N+](=O)[O-])c2)C1C(=O)OC(C)C. The van der Waals surface area contributed by atoms with Gasteiger partial charge in [0.15, 0.2) is 0 Å². The molecular formula is C28H32N2O7S. The summed E-state index contributed by atoms with van der Waals surface area (Å²) in [5.74, 6) is -2.47. The number of aliphatic imine (C=N–C) groups is 1. The summed E-state index contributed by atoms with van der Waals surface area (Å²) in [6.07, 6.45) is 0.203. The van der Waals surface area contributed by atoms with E-state index in [1.807, 2.05) is 24.3 Å². The summed E-state index contributed by atoms with van der Waals surface area (Å²) in [5, 5.41) is 20.5. The number of nitrogens with zero attached hydrogens (tertiary/aromatic N) is 2. The molecule has 0 saturated heterocycles. The molecule has 0 aromatic heterocycles. The number of thioether (sulfide) groups is 1. The first-order valence-corrected chi connectivity index (χ1v) is 13.3. The van der Waals surface area contributed by atoms with E-state index in [9.17, 15) is 19.7 Å². The predicted octanol–water partition coefficient (Wildman–Crippen LogP) is 4.87. The standard InChI is InChI=1S/C28H32N2O7S/c1-17(2)37-28(33)25-19(4)29-18(3)24(26(25)21-6-5-7-22(16-21)30(34)35)27(32)36-14-15-38-23-10-8-20(9-11-23)12-13-31/h5-11,16-17,25-26,31H,12-15H2,1-4H3. The number of rotatable bonds is 11. The van der Waals surface area contributed by atoms with Crippen molar-refractivity contribution in [3.63, 3.8) is 0 Å². The third kappa shape index (κ3) is 7.29. The normalized spacial score (nSPS) is 17.3. The molecule has 9 nitrogen and oxygen atoms in total. The zero-order chi connectivity index (χ0) is 27.8. The number of aliphatic hydroxyl groups excluding tert-OH is 1. The highest BCUT2D eigenvalue weighted by molar-refractivity contribution is 7.99. The number of aliphatic hydroxyl groups is 1. The summed E-state index contributed by atoms with van der Waals surface area (Å²) < 4.78 is 11.1. The Morgan fingerprint density at radius 2 is 1.87 bits per heavy atom. The van der Waals surface area contributed by atoms with E-state index in [2.05, 4.69) is 4.99 Å². The molecule has 0 aliphatic carbocycles. The van der Waals surface area contributed by atoms with Crippen molar-refractivity contribution in [2.75, 3.05) is 19.0 Å². The van der Waals surface area contributed by atoms with Gasteiger partial charge in [0.1, 0.15) is 12.5 Å². The number of benzene rings is 2. The first-order chi connectivity index (χ1) is 18.1. The van der Waals surface area contributed by atoms with Gasteiger partial charge < -0.3 is 14.6 Å². The fourth-order valence-electron chi connectivity index (χ4n) is 4.36. The molecule has 10 heteroatoms. The zero-order valence-electron chi connectivity index (χ0n) is 21.9. The maximum absolute atomic E-state index is 13.4. The van der Waals surface area contributed by atoms with Crippen molar-refractivity contribution in [3.05, 3.63) is 81.0 Å². The molecule has 202 valence electrons. The predicted molar refractivity (Wildman–Crippen MR) is 145 cm³/mol. The van der Waals surface area contributed by atoms with Crippen molar-refractivity contribution in [2.24, 2.45) is 10.9 Å². The molecule has 2 aromatic carbocycles. The number of ether oxygens (including phenoxy) is 2. The average Bonchev–Trinajstić information content (AvgIpc) is 2.86. The molecule has 1 aliphatic heterocycles. The van der Waals surface area contributed by atoms with Gasteiger partial charge in [0, 0.05) is 46.7 Å². The second-order valence-corrected chi connectivity index (χ2v) is 10.3. The van der Waals surface area contributed by atoms with E-state index >= 15 is 0 Å². The van der Waals surface area contributed by atoms with E-state index in [0.29, 0.717) is 29.1 Å². The summed E-state index contributed by atoms with van der Waals surface area (Å²) in [4.78, 5) is 42.9. The van der Waals surface area contributed by atoms with Crippen molar-refractivity contribution in [1.29, 1.82) is 0 Å². The highest BCUT2D eigenvalue weighted by Crippen LogP contribution is 2.41. The molecule has 3 rings (SSSR count). The van der Waals surface area contributed by atoms with Gasteiger partial charge in [-0.05, 0) is 57.4 Å². The van der Waals surface area contributed by atoms with Crippen LogP contribution >= 0.6 is 11.8 Å². The van der Waals surface area contributed by atoms with Crippen LogP contribution in [0.2, 0.25) is 0 Å². The highest BCUT2D eigenvalue weighted by Gasteiger charge is 2.43. The van der Waals surface area contributed by atoms with Gasteiger partial charge in [-0.3, -0.25) is 19.9 Å². The van der Waals surface area contributed by atoms with Crippen LogP contribution in [0.3, 0.4) is 0 Å². The Kier molecular flexibility index (Phi) is 10.2. The number of esters is 2. The van der Waals surface area contributed by atoms with Gasteiger partial charge in [-0.1, -0.05) is 24.3 Å². The number of allylic oxidation sites excluding steroid dienone is 1. The summed E-state index contributed by atoms with van der Waals surface area (Å²) in [6, 6.07) is 13.7. The van der Waals surface area contributed by atoms with E-state index in [1.54, 1.807) is 33.8 Å². The molecule has 1 N–H and O–H groups in total. The first-order valence-electron chi connectivity index (χ1n) is 12.3. The number of nitro groups is 1. The quantitative estimate of drug-likeness (QED) is 0.141. The lowest BCUT2D eigenvalue weighted by molar-refractivity contribution is -0.384. The van der Waals surface area contributed by atoms with Crippen LogP contribution in [-0.4, -0.2) is 52.8 Å².